The minimum absolute atomic E-state index is 0.0273. The number of ketones is 3. The summed E-state index contributed by atoms with van der Waals surface area (Å²) in [6.07, 6.45) is 13.2. The van der Waals surface area contributed by atoms with Gasteiger partial charge in [-0.1, -0.05) is 71.1 Å². The lowest BCUT2D eigenvalue weighted by molar-refractivity contribution is -0.265. The van der Waals surface area contributed by atoms with Crippen molar-refractivity contribution in [3.8, 4) is 0 Å². The summed E-state index contributed by atoms with van der Waals surface area (Å²) in [6.45, 7) is 12.8. The second-order valence-corrected chi connectivity index (χ2v) is 19.2. The summed E-state index contributed by atoms with van der Waals surface area (Å²) in [5.41, 5.74) is 1.29. The average molecular weight is 884 g/mol. The van der Waals surface area contributed by atoms with Crippen LogP contribution < -0.4 is 0 Å². The van der Waals surface area contributed by atoms with Gasteiger partial charge in [0.25, 0.3) is 11.7 Å². The summed E-state index contributed by atoms with van der Waals surface area (Å²) in [5.74, 6) is -7.60. The molecule has 12 atom stereocenters. The molecule has 4 aliphatic rings. The molecule has 0 aromatic carbocycles. The van der Waals surface area contributed by atoms with E-state index in [1.54, 1.807) is 34.0 Å². The standard InChI is InChI=1S/C50H77NO12/c1-30-15-11-10-12-16-31(2)42(60-8)28-39-23-18-36(7)50(59,63-39)47(56)48(57)51-24-14-13-17-40(51)49(58)62-43(33(4)27-37-19-21-38(52)22-20-37)29-41(53)32(3)26-35(6)45(55)46(61-9)44(54)34(5)25-30/h10-12,15-16,26,30,32-34,36-40,42-43,45-46,52,55,59H,13-14,17-25,27-29H2,1-9H3/b12-10+,15-11+,31-16+,35-26+/t30-,32-,33?,34-,36-,37?,38?,39+,40+,42+,43+,45-,46+,50-/m1/s1. The number of ether oxygens (including phenoxy) is 4. The van der Waals surface area contributed by atoms with Crippen molar-refractivity contribution < 1.29 is 58.2 Å². The van der Waals surface area contributed by atoms with Crippen LogP contribution in [0, 0.1) is 35.5 Å². The smallest absolute Gasteiger partial charge is 0.329 e. The second kappa shape index (κ2) is 24.3. The molecule has 1 amide bonds. The summed E-state index contributed by atoms with van der Waals surface area (Å²) in [7, 11) is 2.96. The molecule has 0 aromatic rings. The van der Waals surface area contributed by atoms with Crippen molar-refractivity contribution in [1.29, 1.82) is 0 Å². The van der Waals surface area contributed by atoms with Crippen molar-refractivity contribution in [3.05, 3.63) is 47.6 Å². The normalized spacial score (nSPS) is 40.1. The predicted octanol–water partition coefficient (Wildman–Crippen LogP) is 6.56. The summed E-state index contributed by atoms with van der Waals surface area (Å²) < 4.78 is 23.8. The second-order valence-electron chi connectivity index (χ2n) is 19.2. The molecule has 3 fully saturated rings. The summed E-state index contributed by atoms with van der Waals surface area (Å²) >= 11 is 0. The predicted molar refractivity (Wildman–Crippen MR) is 239 cm³/mol. The van der Waals surface area contributed by atoms with Gasteiger partial charge < -0.3 is 39.2 Å². The Balaban J connectivity index is 1.69. The van der Waals surface area contributed by atoms with Crippen molar-refractivity contribution in [3.63, 3.8) is 0 Å². The van der Waals surface area contributed by atoms with Crippen molar-refractivity contribution in [2.24, 2.45) is 35.5 Å². The monoisotopic (exact) mass is 884 g/mol. The Kier molecular flexibility index (Phi) is 20.1. The molecule has 354 valence electrons. The highest BCUT2D eigenvalue weighted by atomic mass is 16.6. The zero-order valence-electron chi connectivity index (χ0n) is 39.3. The van der Waals surface area contributed by atoms with Gasteiger partial charge in [-0.25, -0.2) is 4.79 Å². The number of cyclic esters (lactones) is 1. The summed E-state index contributed by atoms with van der Waals surface area (Å²) in [6, 6.07) is -1.11. The molecule has 2 saturated heterocycles. The lowest BCUT2D eigenvalue weighted by Gasteiger charge is -2.42. The average Bonchev–Trinajstić information content (AvgIpc) is 3.26. The Labute approximate surface area is 375 Å². The van der Waals surface area contributed by atoms with Gasteiger partial charge in [0.2, 0.25) is 5.79 Å². The molecule has 0 spiro atoms. The maximum absolute atomic E-state index is 14.3. The fourth-order valence-electron chi connectivity index (χ4n) is 9.83. The van der Waals surface area contributed by atoms with E-state index in [-0.39, 0.29) is 54.8 Å². The first-order chi connectivity index (χ1) is 29.8. The van der Waals surface area contributed by atoms with E-state index >= 15 is 0 Å². The van der Waals surface area contributed by atoms with Crippen LogP contribution in [0.15, 0.2) is 47.6 Å². The highest BCUT2D eigenvalue weighted by Crippen LogP contribution is 2.37. The molecule has 2 bridgehead atoms. The lowest BCUT2D eigenvalue weighted by Crippen LogP contribution is -2.61. The maximum atomic E-state index is 14.3. The number of carbonyl (C=O) groups is 5. The van der Waals surface area contributed by atoms with Crippen LogP contribution in [0.2, 0.25) is 0 Å². The zero-order valence-corrected chi connectivity index (χ0v) is 39.3. The van der Waals surface area contributed by atoms with Gasteiger partial charge in [0.15, 0.2) is 5.78 Å². The first-order valence-corrected chi connectivity index (χ1v) is 23.4. The highest BCUT2D eigenvalue weighted by Gasteiger charge is 2.53. The van der Waals surface area contributed by atoms with Crippen molar-refractivity contribution in [1.82, 2.24) is 4.90 Å². The number of methoxy groups -OCH3 is 2. The molecule has 3 aliphatic heterocycles. The van der Waals surface area contributed by atoms with Gasteiger partial charge in [0.1, 0.15) is 30.1 Å². The van der Waals surface area contributed by atoms with E-state index in [4.69, 9.17) is 18.9 Å². The number of fused-ring (bicyclic) bond motifs is 3. The highest BCUT2D eigenvalue weighted by molar-refractivity contribution is 6.39. The van der Waals surface area contributed by atoms with Crippen LogP contribution in [0.1, 0.15) is 132 Å². The molecule has 1 aliphatic carbocycles. The molecule has 0 aromatic heterocycles. The fourth-order valence-corrected chi connectivity index (χ4v) is 9.83. The molecule has 3 N–H and O–H groups in total. The number of Topliss-reactive ketones (excluding diaryl/α,β-unsaturated/α-hetero) is 3. The maximum Gasteiger partial charge on any atom is 0.329 e. The molecule has 13 nitrogen and oxygen atoms in total. The number of aliphatic hydroxyl groups is 3. The van der Waals surface area contributed by atoms with Crippen LogP contribution in [0.3, 0.4) is 0 Å². The number of amides is 1. The molecule has 0 radical (unpaired) electrons. The Morgan fingerprint density at radius 2 is 1.56 bits per heavy atom. The van der Waals surface area contributed by atoms with E-state index in [9.17, 15) is 39.3 Å². The molecular formula is C50H77NO12. The number of esters is 1. The van der Waals surface area contributed by atoms with Gasteiger partial charge in [-0.05, 0) is 113 Å². The van der Waals surface area contributed by atoms with Gasteiger partial charge in [-0.3, -0.25) is 19.2 Å². The third kappa shape index (κ3) is 14.1. The third-order valence-corrected chi connectivity index (χ3v) is 14.1. The molecule has 63 heavy (non-hydrogen) atoms. The van der Waals surface area contributed by atoms with Gasteiger partial charge in [-0.2, -0.15) is 0 Å². The van der Waals surface area contributed by atoms with E-state index in [1.807, 2.05) is 58.1 Å². The van der Waals surface area contributed by atoms with Crippen LogP contribution in [0.4, 0.5) is 0 Å². The topological polar surface area (TPSA) is 186 Å². The van der Waals surface area contributed by atoms with E-state index in [0.717, 1.165) is 18.4 Å². The van der Waals surface area contributed by atoms with Gasteiger partial charge >= 0.3 is 5.97 Å². The number of hydrogen-bond donors (Lipinski definition) is 3. The zero-order chi connectivity index (χ0) is 46.6. The van der Waals surface area contributed by atoms with Gasteiger partial charge in [0.05, 0.1) is 18.3 Å². The van der Waals surface area contributed by atoms with Crippen LogP contribution in [-0.2, 0) is 42.9 Å². The van der Waals surface area contributed by atoms with Crippen molar-refractivity contribution >= 4 is 29.2 Å². The van der Waals surface area contributed by atoms with Gasteiger partial charge in [-0.15, -0.1) is 0 Å². The van der Waals surface area contributed by atoms with Crippen LogP contribution in [0.5, 0.6) is 0 Å². The Hall–Kier alpha value is -3.33. The molecular weight excluding hydrogens is 807 g/mol. The van der Waals surface area contributed by atoms with Crippen molar-refractivity contribution in [2.45, 2.75) is 180 Å². The Morgan fingerprint density at radius 3 is 2.22 bits per heavy atom. The number of allylic oxidation sites excluding steroid dienone is 6. The molecule has 1 unspecified atom stereocenters. The van der Waals surface area contributed by atoms with Crippen LogP contribution in [-0.4, -0.2) is 119 Å². The number of carbonyl (C=O) groups excluding carboxylic acids is 5. The van der Waals surface area contributed by atoms with Gasteiger partial charge in [0, 0.05) is 51.4 Å². The largest absolute Gasteiger partial charge is 0.460 e. The summed E-state index contributed by atoms with van der Waals surface area (Å²) in [5, 5.41) is 33.4. The first-order valence-electron chi connectivity index (χ1n) is 23.4. The van der Waals surface area contributed by atoms with E-state index in [2.05, 4.69) is 0 Å². The van der Waals surface area contributed by atoms with Crippen LogP contribution in [0.25, 0.3) is 0 Å². The van der Waals surface area contributed by atoms with Crippen LogP contribution >= 0.6 is 0 Å². The molecule has 1 saturated carbocycles. The number of hydrogen-bond acceptors (Lipinski definition) is 12. The number of piperidine rings is 1. The summed E-state index contributed by atoms with van der Waals surface area (Å²) in [4.78, 5) is 71.5. The number of aliphatic hydroxyl groups excluding tert-OH is 2. The van der Waals surface area contributed by atoms with Crippen molar-refractivity contribution in [2.75, 3.05) is 20.8 Å². The SMILES string of the molecule is CO[C@H]1C[C@@H]2CC[C@@H](C)[C@@](O)(O2)C(=O)C(=O)N2CCCC[C@H]2C(=O)O[C@H](C(C)CC2CCC(O)CC2)CC(=O)[C@H](C)/C=C(\C)[C@@H](O)[C@@H](OC)C(=O)[C@H](C)C[C@H](C)/C=C/C=C/C=C/1C. The molecule has 4 rings (SSSR count). The van der Waals surface area contributed by atoms with E-state index in [0.29, 0.717) is 63.4 Å². The first kappa shape index (κ1) is 52.3. The minimum Gasteiger partial charge on any atom is -0.460 e. The lowest BCUT2D eigenvalue weighted by atomic mass is 9.79. The van der Waals surface area contributed by atoms with E-state index < -0.39 is 77.8 Å². The number of nitrogens with zero attached hydrogens (tertiary/aromatic N) is 1. The Morgan fingerprint density at radius 1 is 0.857 bits per heavy atom. The fraction of sp³-hybridized carbons (Fsp3) is 0.740. The van der Waals surface area contributed by atoms with E-state index in [1.165, 1.54) is 12.0 Å². The quantitative estimate of drug-likeness (QED) is 0.154. The third-order valence-electron chi connectivity index (χ3n) is 14.1. The minimum atomic E-state index is -2.41. The number of rotatable bonds is 5. The Bertz CT molecular complexity index is 1690. The molecule has 13 heteroatoms. The molecule has 3 heterocycles.